The smallest absolute Gasteiger partial charge is 0.123 e. The third kappa shape index (κ3) is 5.15. The van der Waals surface area contributed by atoms with E-state index in [2.05, 4.69) is 11.6 Å². The van der Waals surface area contributed by atoms with Crippen molar-refractivity contribution in [2.24, 2.45) is 4.99 Å². The van der Waals surface area contributed by atoms with Crippen molar-refractivity contribution in [3.63, 3.8) is 0 Å². The van der Waals surface area contributed by atoms with Gasteiger partial charge in [0.05, 0.1) is 5.70 Å². The van der Waals surface area contributed by atoms with Gasteiger partial charge in [-0.15, -0.1) is 0 Å². The van der Waals surface area contributed by atoms with Crippen LogP contribution in [0.1, 0.15) is 20.8 Å². The van der Waals surface area contributed by atoms with Crippen LogP contribution in [0.25, 0.3) is 0 Å². The van der Waals surface area contributed by atoms with Crippen molar-refractivity contribution in [3.8, 4) is 0 Å². The van der Waals surface area contributed by atoms with Crippen molar-refractivity contribution in [1.82, 2.24) is 0 Å². The molecule has 86 valence electrons. The van der Waals surface area contributed by atoms with Gasteiger partial charge in [0.15, 0.2) is 0 Å². The Balaban J connectivity index is 4.87. The largest absolute Gasteiger partial charge is 0.507 e. The zero-order chi connectivity index (χ0) is 12.4. The lowest BCUT2D eigenvalue weighted by atomic mass is 10.2. The molecule has 0 saturated heterocycles. The van der Waals surface area contributed by atoms with Gasteiger partial charge in [-0.3, -0.25) is 4.99 Å². The fourth-order valence-electron chi connectivity index (χ4n) is 1.03. The molecule has 0 aromatic heterocycles. The summed E-state index contributed by atoms with van der Waals surface area (Å²) in [5, 5.41) is 9.62. The Hall–Kier alpha value is -1.83. The van der Waals surface area contributed by atoms with Crippen LogP contribution in [0.15, 0.2) is 65.1 Å². The van der Waals surface area contributed by atoms with E-state index in [1.54, 1.807) is 12.3 Å². The van der Waals surface area contributed by atoms with E-state index in [9.17, 15) is 5.11 Å². The molecular weight excluding hydrogens is 198 g/mol. The maximum absolute atomic E-state index is 9.62. The number of rotatable bonds is 5. The van der Waals surface area contributed by atoms with Crippen LogP contribution in [0.4, 0.5) is 0 Å². The predicted molar refractivity (Wildman–Crippen MR) is 71.7 cm³/mol. The monoisotopic (exact) mass is 217 g/mol. The Morgan fingerprint density at radius 3 is 2.31 bits per heavy atom. The second-order valence-corrected chi connectivity index (χ2v) is 3.00. The second-order valence-electron chi connectivity index (χ2n) is 3.00. The molecule has 0 aromatic carbocycles. The lowest BCUT2D eigenvalue weighted by Crippen LogP contribution is -1.90. The molecule has 0 radical (unpaired) electrons. The zero-order valence-corrected chi connectivity index (χ0v) is 10.1. The number of allylic oxidation sites excluding steroid dienone is 7. The van der Waals surface area contributed by atoms with Crippen LogP contribution in [-0.2, 0) is 0 Å². The highest BCUT2D eigenvalue weighted by Crippen LogP contribution is 2.06. The highest BCUT2D eigenvalue weighted by molar-refractivity contribution is 5.84. The molecule has 0 aliphatic carbocycles. The molecule has 0 spiro atoms. The number of nitrogens with zero attached hydrogens (tertiary/aromatic N) is 1. The van der Waals surface area contributed by atoms with Crippen LogP contribution < -0.4 is 0 Å². The van der Waals surface area contributed by atoms with Crippen molar-refractivity contribution >= 4 is 6.21 Å². The van der Waals surface area contributed by atoms with Crippen LogP contribution in [-0.4, -0.2) is 11.3 Å². The fourth-order valence-corrected chi connectivity index (χ4v) is 1.03. The van der Waals surface area contributed by atoms with Crippen molar-refractivity contribution in [2.45, 2.75) is 20.8 Å². The maximum atomic E-state index is 9.62. The average molecular weight is 217 g/mol. The highest BCUT2D eigenvalue weighted by Gasteiger charge is 1.96. The van der Waals surface area contributed by atoms with Crippen LogP contribution in [0.2, 0.25) is 0 Å². The summed E-state index contributed by atoms with van der Waals surface area (Å²) in [4.78, 5) is 4.25. The Kier molecular flexibility index (Phi) is 7.51. The fraction of sp³-hybridized carbons (Fsp3) is 0.214. The Morgan fingerprint density at radius 2 is 1.88 bits per heavy atom. The number of hydrogen-bond donors (Lipinski definition) is 1. The second kappa shape index (κ2) is 8.48. The molecule has 0 rings (SSSR count). The summed E-state index contributed by atoms with van der Waals surface area (Å²) in [6.45, 7) is 9.23. The lowest BCUT2D eigenvalue weighted by Gasteiger charge is -1.99. The van der Waals surface area contributed by atoms with Gasteiger partial charge in [-0.1, -0.05) is 30.9 Å². The first-order valence-corrected chi connectivity index (χ1v) is 5.21. The summed E-state index contributed by atoms with van der Waals surface area (Å²) in [7, 11) is 0. The van der Waals surface area contributed by atoms with Crippen molar-refractivity contribution in [2.75, 3.05) is 0 Å². The third-order valence-electron chi connectivity index (χ3n) is 1.87. The molecular formula is C14H19NO. The minimum Gasteiger partial charge on any atom is -0.507 e. The molecule has 1 N–H and O–H groups in total. The van der Waals surface area contributed by atoms with Crippen LogP contribution >= 0.6 is 0 Å². The summed E-state index contributed by atoms with van der Waals surface area (Å²) in [5.74, 6) is 0.164. The van der Waals surface area contributed by atoms with Gasteiger partial charge < -0.3 is 5.11 Å². The summed E-state index contributed by atoms with van der Waals surface area (Å²) in [6.07, 6.45) is 12.2. The van der Waals surface area contributed by atoms with Gasteiger partial charge in [-0.25, -0.2) is 0 Å². The maximum Gasteiger partial charge on any atom is 0.123 e. The van der Waals surface area contributed by atoms with Gasteiger partial charge in [0.2, 0.25) is 0 Å². The number of aliphatic hydroxyl groups excluding tert-OH is 1. The predicted octanol–water partition coefficient (Wildman–Crippen LogP) is 4.11. The van der Waals surface area contributed by atoms with Crippen LogP contribution in [0.5, 0.6) is 0 Å². The van der Waals surface area contributed by atoms with Crippen LogP contribution in [0, 0.1) is 0 Å². The van der Waals surface area contributed by atoms with E-state index in [-0.39, 0.29) is 5.76 Å². The molecule has 0 unspecified atom stereocenters. The molecule has 16 heavy (non-hydrogen) atoms. The van der Waals surface area contributed by atoms with Gasteiger partial charge in [-0.05, 0) is 32.9 Å². The van der Waals surface area contributed by atoms with Gasteiger partial charge in [0.1, 0.15) is 5.76 Å². The Labute approximate surface area is 97.7 Å². The molecule has 0 aromatic rings. The molecule has 0 bridgehead atoms. The molecule has 0 atom stereocenters. The molecule has 0 saturated carbocycles. The first-order valence-electron chi connectivity index (χ1n) is 5.21. The first-order chi connectivity index (χ1) is 7.69. The van der Waals surface area contributed by atoms with E-state index in [1.807, 2.05) is 39.0 Å². The summed E-state index contributed by atoms with van der Waals surface area (Å²) < 4.78 is 0. The zero-order valence-electron chi connectivity index (χ0n) is 10.1. The molecule has 2 nitrogen and oxygen atoms in total. The Morgan fingerprint density at radius 1 is 1.19 bits per heavy atom. The number of aliphatic hydroxyl groups is 1. The van der Waals surface area contributed by atoms with E-state index in [1.165, 1.54) is 12.2 Å². The van der Waals surface area contributed by atoms with Crippen molar-refractivity contribution < 1.29 is 5.11 Å². The topological polar surface area (TPSA) is 32.6 Å². The van der Waals surface area contributed by atoms with E-state index in [0.29, 0.717) is 5.57 Å². The number of aliphatic imine (C=N–C) groups is 1. The molecule has 0 aliphatic heterocycles. The van der Waals surface area contributed by atoms with Crippen molar-refractivity contribution in [1.29, 1.82) is 0 Å². The molecule has 0 heterocycles. The van der Waals surface area contributed by atoms with Gasteiger partial charge >= 0.3 is 0 Å². The molecule has 0 amide bonds. The van der Waals surface area contributed by atoms with Gasteiger partial charge in [0, 0.05) is 11.8 Å². The van der Waals surface area contributed by atoms with E-state index < -0.39 is 0 Å². The lowest BCUT2D eigenvalue weighted by molar-refractivity contribution is 0.428. The normalized spacial score (nSPS) is 15.1. The first kappa shape index (κ1) is 14.2. The van der Waals surface area contributed by atoms with Gasteiger partial charge in [0.25, 0.3) is 0 Å². The average Bonchev–Trinajstić information content (AvgIpc) is 2.28. The molecule has 0 aliphatic rings. The number of hydrogen-bond acceptors (Lipinski definition) is 2. The van der Waals surface area contributed by atoms with Gasteiger partial charge in [-0.2, -0.15) is 0 Å². The third-order valence-corrected chi connectivity index (χ3v) is 1.87. The van der Waals surface area contributed by atoms with E-state index in [4.69, 9.17) is 0 Å². The minimum absolute atomic E-state index is 0.164. The molecule has 2 heteroatoms. The summed E-state index contributed by atoms with van der Waals surface area (Å²) in [5.41, 5.74) is 1.53. The van der Waals surface area contributed by atoms with E-state index in [0.717, 1.165) is 5.70 Å². The van der Waals surface area contributed by atoms with Crippen molar-refractivity contribution in [3.05, 3.63) is 60.1 Å². The Bertz CT molecular complexity index is 368. The highest BCUT2D eigenvalue weighted by atomic mass is 16.3. The van der Waals surface area contributed by atoms with Crippen LogP contribution in [0.3, 0.4) is 0 Å². The summed E-state index contributed by atoms with van der Waals surface area (Å²) in [6, 6.07) is 0. The SMILES string of the molecule is C=C\C=C(O)/C(/C=N\C(\C=C/C)=C\C)=C\C. The molecule has 0 fully saturated rings. The quantitative estimate of drug-likeness (QED) is 0.419. The standard InChI is InChI=1S/C14H19NO/c1-5-9-13(8-4)15-11-12(7-3)14(16)10-6-2/h5-11,16H,2H2,1,3-4H3/b9-5-,12-7-,13-8+,14-10+,15-11-. The van der Waals surface area contributed by atoms with E-state index >= 15 is 0 Å². The summed E-state index contributed by atoms with van der Waals surface area (Å²) >= 11 is 0. The minimum atomic E-state index is 0.164.